The lowest BCUT2D eigenvalue weighted by Gasteiger charge is -2.37. The van der Waals surface area contributed by atoms with Crippen LogP contribution in [-0.2, 0) is 16.1 Å². The van der Waals surface area contributed by atoms with E-state index in [0.717, 1.165) is 37.0 Å². The number of hydrogen-bond donors (Lipinski definition) is 3. The minimum absolute atomic E-state index is 0.0109. The number of aromatic nitrogens is 1. The summed E-state index contributed by atoms with van der Waals surface area (Å²) >= 11 is 11.2. The third-order valence-corrected chi connectivity index (χ3v) is 9.27. The smallest absolute Gasteiger partial charge is 0.239 e. The first-order valence-electron chi connectivity index (χ1n) is 12.7. The molecule has 0 saturated carbocycles. The average Bonchev–Trinajstić information content (AvgIpc) is 3.44. The van der Waals surface area contributed by atoms with Crippen molar-refractivity contribution in [2.45, 2.75) is 48.5 Å². The summed E-state index contributed by atoms with van der Waals surface area (Å²) in [7, 11) is 0. The standard InChI is InChI=1S/C30H29BrClN3O3S/c1-18-3-10-23(11-4-18)39-30(29(38)34-19(2)17-36)14-27(37)35(16-20-5-7-21(31)8-6-20)28(30)25-15-33-26-13-22(32)9-12-24(25)26/h3-13,15,19,28,33,36H,14,16-17H2,1-2H3,(H,34,38)/t19-,28+,30-/m0/s1. The van der Waals surface area contributed by atoms with Gasteiger partial charge in [-0.1, -0.05) is 63.4 Å². The van der Waals surface area contributed by atoms with Crippen LogP contribution in [0.2, 0.25) is 5.02 Å². The zero-order chi connectivity index (χ0) is 27.7. The van der Waals surface area contributed by atoms with Crippen LogP contribution in [0.4, 0.5) is 0 Å². The van der Waals surface area contributed by atoms with Crippen LogP contribution >= 0.6 is 39.3 Å². The van der Waals surface area contributed by atoms with Crippen LogP contribution in [0.5, 0.6) is 0 Å². The van der Waals surface area contributed by atoms with Crippen LogP contribution in [0, 0.1) is 6.92 Å². The third kappa shape index (κ3) is 5.61. The van der Waals surface area contributed by atoms with Crippen molar-refractivity contribution in [1.82, 2.24) is 15.2 Å². The van der Waals surface area contributed by atoms with E-state index in [9.17, 15) is 14.7 Å². The van der Waals surface area contributed by atoms with Gasteiger partial charge in [0.25, 0.3) is 0 Å². The van der Waals surface area contributed by atoms with Crippen molar-refractivity contribution < 1.29 is 14.7 Å². The Morgan fingerprint density at radius 2 is 1.92 bits per heavy atom. The van der Waals surface area contributed by atoms with E-state index in [2.05, 4.69) is 26.2 Å². The van der Waals surface area contributed by atoms with Crippen molar-refractivity contribution in [3.63, 3.8) is 0 Å². The summed E-state index contributed by atoms with van der Waals surface area (Å²) in [4.78, 5) is 34.1. The van der Waals surface area contributed by atoms with E-state index in [1.54, 1.807) is 6.92 Å². The molecule has 1 aliphatic rings. The summed E-state index contributed by atoms with van der Waals surface area (Å²) in [5, 5.41) is 14.2. The summed E-state index contributed by atoms with van der Waals surface area (Å²) in [5.41, 5.74) is 3.74. The van der Waals surface area contributed by atoms with Crippen LogP contribution in [0.25, 0.3) is 10.9 Å². The number of nitrogens with zero attached hydrogens (tertiary/aromatic N) is 1. The number of amides is 2. The van der Waals surface area contributed by atoms with Crippen molar-refractivity contribution in [3.8, 4) is 0 Å². The van der Waals surface area contributed by atoms with Crippen molar-refractivity contribution in [2.24, 2.45) is 0 Å². The molecule has 4 aromatic rings. The molecule has 0 spiro atoms. The number of nitrogens with one attached hydrogen (secondary N) is 2. The van der Waals surface area contributed by atoms with Gasteiger partial charge in [-0.05, 0) is 55.8 Å². The Morgan fingerprint density at radius 1 is 1.21 bits per heavy atom. The van der Waals surface area contributed by atoms with Gasteiger partial charge in [0, 0.05) is 49.6 Å². The molecule has 5 rings (SSSR count). The number of hydrogen-bond acceptors (Lipinski definition) is 4. The summed E-state index contributed by atoms with van der Waals surface area (Å²) in [6, 6.07) is 20.4. The van der Waals surface area contributed by atoms with Gasteiger partial charge in [0.15, 0.2) is 0 Å². The minimum Gasteiger partial charge on any atom is -0.394 e. The molecule has 202 valence electrons. The fourth-order valence-electron chi connectivity index (χ4n) is 5.10. The number of rotatable bonds is 8. The van der Waals surface area contributed by atoms with E-state index in [0.29, 0.717) is 11.6 Å². The molecule has 0 unspecified atom stereocenters. The number of aliphatic hydroxyl groups excluding tert-OH is 1. The van der Waals surface area contributed by atoms with Crippen LogP contribution in [0.3, 0.4) is 0 Å². The van der Waals surface area contributed by atoms with Gasteiger partial charge in [-0.2, -0.15) is 0 Å². The molecule has 0 radical (unpaired) electrons. The molecule has 2 heterocycles. The summed E-state index contributed by atoms with van der Waals surface area (Å²) in [6.07, 6.45) is 1.89. The zero-order valence-electron chi connectivity index (χ0n) is 21.6. The third-order valence-electron chi connectivity index (χ3n) is 7.08. The number of carbonyl (C=O) groups is 2. The molecule has 2 amide bonds. The quantitative estimate of drug-likeness (QED) is 0.212. The van der Waals surface area contributed by atoms with E-state index in [1.807, 2.05) is 84.8 Å². The Balaban J connectivity index is 1.69. The van der Waals surface area contributed by atoms with Crippen molar-refractivity contribution in [1.29, 1.82) is 0 Å². The number of halogens is 2. The number of fused-ring (bicyclic) bond motifs is 1. The van der Waals surface area contributed by atoms with Gasteiger partial charge in [-0.25, -0.2) is 0 Å². The molecule has 39 heavy (non-hydrogen) atoms. The van der Waals surface area contributed by atoms with Gasteiger partial charge in [0.2, 0.25) is 11.8 Å². The van der Waals surface area contributed by atoms with Crippen LogP contribution in [-0.4, -0.2) is 44.2 Å². The second-order valence-electron chi connectivity index (χ2n) is 10.0. The van der Waals surface area contributed by atoms with E-state index in [1.165, 1.54) is 11.8 Å². The fourth-order valence-corrected chi connectivity index (χ4v) is 6.94. The highest BCUT2D eigenvalue weighted by molar-refractivity contribution is 9.10. The Labute approximate surface area is 245 Å². The summed E-state index contributed by atoms with van der Waals surface area (Å²) in [5.74, 6) is -0.396. The maximum atomic E-state index is 14.2. The molecule has 1 fully saturated rings. The molecule has 1 aromatic heterocycles. The second kappa shape index (κ2) is 11.4. The Bertz CT molecular complexity index is 1510. The van der Waals surface area contributed by atoms with Gasteiger partial charge < -0.3 is 20.3 Å². The topological polar surface area (TPSA) is 85.4 Å². The predicted molar refractivity (Wildman–Crippen MR) is 160 cm³/mol. The van der Waals surface area contributed by atoms with Gasteiger partial charge in [0.1, 0.15) is 4.75 Å². The lowest BCUT2D eigenvalue weighted by molar-refractivity contribution is -0.129. The number of carbonyl (C=O) groups excluding carboxylic acids is 2. The molecular weight excluding hydrogens is 598 g/mol. The molecule has 3 atom stereocenters. The molecule has 9 heteroatoms. The number of H-pyrrole nitrogens is 1. The maximum Gasteiger partial charge on any atom is 0.239 e. The van der Waals surface area contributed by atoms with E-state index in [-0.39, 0.29) is 24.8 Å². The Hall–Kier alpha value is -2.78. The Morgan fingerprint density at radius 3 is 2.62 bits per heavy atom. The van der Waals surface area contributed by atoms with Crippen molar-refractivity contribution in [2.75, 3.05) is 6.61 Å². The van der Waals surface area contributed by atoms with Gasteiger partial charge >= 0.3 is 0 Å². The minimum atomic E-state index is -1.19. The number of aryl methyl sites for hydroxylation is 1. The SMILES string of the molecule is Cc1ccc(S[C@@]2(C(=O)N[C@@H](C)CO)CC(=O)N(Cc3ccc(Br)cc3)[C@@H]2c2c[nH]c3cc(Cl)ccc23)cc1. The molecule has 0 bridgehead atoms. The molecule has 0 aliphatic carbocycles. The van der Waals surface area contributed by atoms with Gasteiger partial charge in [-0.15, -0.1) is 11.8 Å². The number of aliphatic hydroxyl groups is 1. The Kier molecular flexibility index (Phi) is 8.10. The first-order chi connectivity index (χ1) is 18.7. The summed E-state index contributed by atoms with van der Waals surface area (Å²) < 4.78 is -0.245. The molecule has 6 nitrogen and oxygen atoms in total. The van der Waals surface area contributed by atoms with Crippen LogP contribution < -0.4 is 5.32 Å². The predicted octanol–water partition coefficient (Wildman–Crippen LogP) is 6.39. The highest BCUT2D eigenvalue weighted by Crippen LogP contribution is 2.54. The second-order valence-corrected chi connectivity index (χ2v) is 12.8. The first-order valence-corrected chi connectivity index (χ1v) is 14.7. The van der Waals surface area contributed by atoms with Gasteiger partial charge in [0.05, 0.1) is 19.1 Å². The zero-order valence-corrected chi connectivity index (χ0v) is 24.7. The maximum absolute atomic E-state index is 14.2. The highest BCUT2D eigenvalue weighted by Gasteiger charge is 2.58. The summed E-state index contributed by atoms with van der Waals surface area (Å²) in [6.45, 7) is 3.90. The van der Waals surface area contributed by atoms with Crippen molar-refractivity contribution in [3.05, 3.63) is 99.1 Å². The van der Waals surface area contributed by atoms with Gasteiger partial charge in [-0.3, -0.25) is 9.59 Å². The van der Waals surface area contributed by atoms with E-state index in [4.69, 9.17) is 11.6 Å². The number of thioether (sulfide) groups is 1. The molecule has 1 aliphatic heterocycles. The molecule has 1 saturated heterocycles. The normalized spacial score (nSPS) is 20.0. The lowest BCUT2D eigenvalue weighted by atomic mass is 9.90. The average molecular weight is 627 g/mol. The lowest BCUT2D eigenvalue weighted by Crippen LogP contribution is -2.51. The number of benzene rings is 3. The van der Waals surface area contributed by atoms with Crippen molar-refractivity contribution >= 4 is 62.0 Å². The number of likely N-dealkylation sites (tertiary alicyclic amines) is 1. The highest BCUT2D eigenvalue weighted by atomic mass is 79.9. The van der Waals surface area contributed by atoms with E-state index < -0.39 is 16.8 Å². The van der Waals surface area contributed by atoms with Crippen LogP contribution in [0.15, 0.2) is 82.3 Å². The number of aromatic amines is 1. The van der Waals surface area contributed by atoms with E-state index >= 15 is 0 Å². The largest absolute Gasteiger partial charge is 0.394 e. The van der Waals surface area contributed by atoms with Crippen LogP contribution in [0.1, 0.15) is 36.1 Å². The monoisotopic (exact) mass is 625 g/mol. The molecule has 3 aromatic carbocycles. The molecule has 3 N–H and O–H groups in total. The molecular formula is C30H29BrClN3O3S. The fraction of sp³-hybridized carbons (Fsp3) is 0.267. The first kappa shape index (κ1) is 27.8.